The maximum Gasteiger partial charge on any atom is 0.274 e. The first-order chi connectivity index (χ1) is 14.1. The summed E-state index contributed by atoms with van der Waals surface area (Å²) >= 11 is 1.39. The van der Waals surface area contributed by atoms with Gasteiger partial charge in [-0.2, -0.15) is 0 Å². The zero-order valence-corrected chi connectivity index (χ0v) is 16.6. The number of anilines is 2. The minimum atomic E-state index is -0.360. The van der Waals surface area contributed by atoms with E-state index in [9.17, 15) is 14.0 Å². The van der Waals surface area contributed by atoms with E-state index in [0.717, 1.165) is 6.42 Å². The van der Waals surface area contributed by atoms with Crippen molar-refractivity contribution in [3.63, 3.8) is 0 Å². The van der Waals surface area contributed by atoms with Crippen molar-refractivity contribution in [2.75, 3.05) is 23.0 Å². The third-order valence-corrected chi connectivity index (χ3v) is 5.40. The van der Waals surface area contributed by atoms with E-state index in [-0.39, 0.29) is 17.6 Å². The highest BCUT2D eigenvalue weighted by atomic mass is 32.2. The molecule has 0 saturated carbocycles. The molecule has 0 atom stereocenters. The number of carbonyl (C=O) groups excluding carboxylic acids is 2. The Labute approximate surface area is 171 Å². The standard InChI is InChI=1S/C21H19FN4O2S/c1-29-21-23-13-18(26(21)15-10-8-14(22)9-11-15)20(28)24-16-5-2-3-6-17(16)25-12-4-7-19(25)27/h2-3,5-6,8-11,13H,4,7,12H2,1H3,(H,24,28). The van der Waals surface area contributed by atoms with Crippen LogP contribution in [0.25, 0.3) is 5.69 Å². The lowest BCUT2D eigenvalue weighted by molar-refractivity contribution is -0.117. The van der Waals surface area contributed by atoms with E-state index in [2.05, 4.69) is 10.3 Å². The predicted molar refractivity (Wildman–Crippen MR) is 111 cm³/mol. The molecule has 1 fully saturated rings. The highest BCUT2D eigenvalue weighted by molar-refractivity contribution is 7.98. The van der Waals surface area contributed by atoms with Gasteiger partial charge in [0.25, 0.3) is 5.91 Å². The van der Waals surface area contributed by atoms with Gasteiger partial charge >= 0.3 is 0 Å². The number of amides is 2. The van der Waals surface area contributed by atoms with Gasteiger partial charge in [0.1, 0.15) is 11.5 Å². The predicted octanol–water partition coefficient (Wildman–Crippen LogP) is 4.11. The summed E-state index contributed by atoms with van der Waals surface area (Å²) in [6.45, 7) is 0.635. The molecule has 1 N–H and O–H groups in total. The third kappa shape index (κ3) is 3.75. The smallest absolute Gasteiger partial charge is 0.274 e. The van der Waals surface area contributed by atoms with Gasteiger partial charge in [-0.3, -0.25) is 14.2 Å². The lowest BCUT2D eigenvalue weighted by Crippen LogP contribution is -2.26. The minimum Gasteiger partial charge on any atom is -0.319 e. The van der Waals surface area contributed by atoms with Crippen LogP contribution in [0.3, 0.4) is 0 Å². The molecule has 1 aliphatic heterocycles. The Hall–Kier alpha value is -3.13. The van der Waals surface area contributed by atoms with Crippen LogP contribution in [0.2, 0.25) is 0 Å². The molecule has 29 heavy (non-hydrogen) atoms. The van der Waals surface area contributed by atoms with Gasteiger partial charge in [0.15, 0.2) is 5.16 Å². The summed E-state index contributed by atoms with van der Waals surface area (Å²) in [7, 11) is 0. The number of carbonyl (C=O) groups is 2. The van der Waals surface area contributed by atoms with Gasteiger partial charge in [-0.1, -0.05) is 23.9 Å². The van der Waals surface area contributed by atoms with E-state index in [0.29, 0.717) is 40.9 Å². The quantitative estimate of drug-likeness (QED) is 0.643. The van der Waals surface area contributed by atoms with Gasteiger partial charge in [0, 0.05) is 18.7 Å². The van der Waals surface area contributed by atoms with E-state index in [1.54, 1.807) is 27.7 Å². The second-order valence-corrected chi connectivity index (χ2v) is 7.34. The summed E-state index contributed by atoms with van der Waals surface area (Å²) in [4.78, 5) is 31.3. The van der Waals surface area contributed by atoms with Crippen LogP contribution in [-0.2, 0) is 4.79 Å². The Morgan fingerprint density at radius 3 is 2.62 bits per heavy atom. The number of halogens is 1. The lowest BCUT2D eigenvalue weighted by Gasteiger charge is -2.20. The fraction of sp³-hybridized carbons (Fsp3) is 0.190. The number of hydrogen-bond donors (Lipinski definition) is 1. The fourth-order valence-electron chi connectivity index (χ4n) is 3.38. The van der Waals surface area contributed by atoms with Crippen molar-refractivity contribution in [3.8, 4) is 5.69 Å². The number of hydrogen-bond acceptors (Lipinski definition) is 4. The van der Waals surface area contributed by atoms with Crippen molar-refractivity contribution in [2.24, 2.45) is 0 Å². The summed E-state index contributed by atoms with van der Waals surface area (Å²) < 4.78 is 15.0. The van der Waals surface area contributed by atoms with Gasteiger partial charge < -0.3 is 10.2 Å². The van der Waals surface area contributed by atoms with Gasteiger partial charge in [-0.15, -0.1) is 0 Å². The molecule has 3 aromatic rings. The van der Waals surface area contributed by atoms with Crippen LogP contribution in [0.4, 0.5) is 15.8 Å². The second kappa shape index (κ2) is 8.08. The molecule has 2 amide bonds. The van der Waals surface area contributed by atoms with Gasteiger partial charge in [0.05, 0.1) is 17.6 Å². The average molecular weight is 410 g/mol. The SMILES string of the molecule is CSc1ncc(C(=O)Nc2ccccc2N2CCCC2=O)n1-c1ccc(F)cc1. The van der Waals surface area contributed by atoms with Crippen LogP contribution in [-0.4, -0.2) is 34.2 Å². The Balaban J connectivity index is 1.68. The lowest BCUT2D eigenvalue weighted by atomic mass is 10.2. The molecule has 2 heterocycles. The molecular formula is C21H19FN4O2S. The fourth-order valence-corrected chi connectivity index (χ4v) is 3.93. The maximum atomic E-state index is 13.3. The minimum absolute atomic E-state index is 0.0488. The molecule has 0 unspecified atom stereocenters. The number of nitrogens with zero attached hydrogens (tertiary/aromatic N) is 3. The number of para-hydroxylation sites is 2. The molecular weight excluding hydrogens is 391 g/mol. The topological polar surface area (TPSA) is 67.2 Å². The van der Waals surface area contributed by atoms with Crippen LogP contribution < -0.4 is 10.2 Å². The zero-order chi connectivity index (χ0) is 20.4. The number of imidazole rings is 1. The summed E-state index contributed by atoms with van der Waals surface area (Å²) in [5.74, 6) is -0.663. The molecule has 0 bridgehead atoms. The van der Waals surface area contributed by atoms with Crippen molar-refractivity contribution in [3.05, 3.63) is 66.2 Å². The Bertz CT molecular complexity index is 1060. The molecule has 0 spiro atoms. The number of rotatable bonds is 5. The van der Waals surface area contributed by atoms with Crippen LogP contribution >= 0.6 is 11.8 Å². The van der Waals surface area contributed by atoms with Crippen LogP contribution in [0.5, 0.6) is 0 Å². The molecule has 8 heteroatoms. The highest BCUT2D eigenvalue weighted by Crippen LogP contribution is 2.30. The van der Waals surface area contributed by atoms with E-state index in [1.165, 1.54) is 30.1 Å². The largest absolute Gasteiger partial charge is 0.319 e. The molecule has 1 aromatic heterocycles. The Morgan fingerprint density at radius 1 is 1.17 bits per heavy atom. The molecule has 4 rings (SSSR count). The summed E-state index contributed by atoms with van der Waals surface area (Å²) in [5.41, 5.74) is 2.21. The van der Waals surface area contributed by atoms with Crippen LogP contribution in [0, 0.1) is 5.82 Å². The van der Waals surface area contributed by atoms with Gasteiger partial charge in [0.2, 0.25) is 5.91 Å². The van der Waals surface area contributed by atoms with Gasteiger partial charge in [-0.05, 0) is 49.1 Å². The molecule has 1 saturated heterocycles. The highest BCUT2D eigenvalue weighted by Gasteiger charge is 2.25. The molecule has 6 nitrogen and oxygen atoms in total. The number of thioether (sulfide) groups is 1. The molecule has 148 valence electrons. The van der Waals surface area contributed by atoms with Gasteiger partial charge in [-0.25, -0.2) is 9.37 Å². The Morgan fingerprint density at radius 2 is 1.93 bits per heavy atom. The first-order valence-corrected chi connectivity index (χ1v) is 10.4. The van der Waals surface area contributed by atoms with E-state index < -0.39 is 0 Å². The summed E-state index contributed by atoms with van der Waals surface area (Å²) in [5, 5.41) is 3.52. The normalized spacial score (nSPS) is 13.7. The molecule has 0 radical (unpaired) electrons. The van der Waals surface area contributed by atoms with Crippen molar-refractivity contribution in [2.45, 2.75) is 18.0 Å². The zero-order valence-electron chi connectivity index (χ0n) is 15.8. The van der Waals surface area contributed by atoms with E-state index in [4.69, 9.17) is 0 Å². The third-order valence-electron chi connectivity index (χ3n) is 4.75. The Kier molecular flexibility index (Phi) is 5.35. The number of nitrogens with one attached hydrogen (secondary N) is 1. The van der Waals surface area contributed by atoms with Crippen molar-refractivity contribution < 1.29 is 14.0 Å². The van der Waals surface area contributed by atoms with Crippen LogP contribution in [0.1, 0.15) is 23.3 Å². The maximum absolute atomic E-state index is 13.3. The molecule has 0 aliphatic carbocycles. The van der Waals surface area contributed by atoms with Crippen molar-refractivity contribution in [1.82, 2.24) is 9.55 Å². The van der Waals surface area contributed by atoms with Crippen LogP contribution in [0.15, 0.2) is 59.9 Å². The van der Waals surface area contributed by atoms with Crippen molar-refractivity contribution in [1.29, 1.82) is 0 Å². The van der Waals surface area contributed by atoms with Crippen molar-refractivity contribution >= 4 is 35.0 Å². The number of aromatic nitrogens is 2. The second-order valence-electron chi connectivity index (χ2n) is 6.56. The molecule has 1 aliphatic rings. The monoisotopic (exact) mass is 410 g/mol. The molecule has 2 aromatic carbocycles. The average Bonchev–Trinajstić information content (AvgIpc) is 3.35. The van der Waals surface area contributed by atoms with E-state index >= 15 is 0 Å². The first kappa shape index (κ1) is 19.2. The summed E-state index contributed by atoms with van der Waals surface area (Å²) in [6, 6.07) is 13.1. The van der Waals surface area contributed by atoms with E-state index in [1.807, 2.05) is 24.5 Å². The summed E-state index contributed by atoms with van der Waals surface area (Å²) in [6.07, 6.45) is 4.67. The number of benzene rings is 2. The first-order valence-electron chi connectivity index (χ1n) is 9.17.